The molecule has 63 valence electrons. The molecule has 5 heteroatoms. The molecule has 0 bridgehead atoms. The van der Waals surface area contributed by atoms with Gasteiger partial charge < -0.3 is 5.73 Å². The Kier molecular flexibility index (Phi) is 3.53. The number of hydrogen-bond acceptors (Lipinski definition) is 3. The predicted octanol–water partition coefficient (Wildman–Crippen LogP) is -0.914. The van der Waals surface area contributed by atoms with Gasteiger partial charge in [-0.1, -0.05) is 0 Å². The van der Waals surface area contributed by atoms with Crippen molar-refractivity contribution in [3.63, 3.8) is 0 Å². The Bertz CT molecular complexity index is 169. The smallest absolute Gasteiger partial charge is 0.262 e. The summed E-state index contributed by atoms with van der Waals surface area (Å²) in [5.74, 6) is -1.31. The lowest BCUT2D eigenvalue weighted by Gasteiger charge is -2.15. The summed E-state index contributed by atoms with van der Waals surface area (Å²) in [6.07, 6.45) is 0. The van der Waals surface area contributed by atoms with Crippen LogP contribution in [0.4, 0.5) is 0 Å². The topological polar surface area (TPSA) is 72.6 Å². The van der Waals surface area contributed by atoms with Crippen molar-refractivity contribution < 1.29 is 14.4 Å². The molecule has 0 aliphatic rings. The van der Waals surface area contributed by atoms with Gasteiger partial charge >= 0.3 is 0 Å². The SMILES string of the molecule is CON(C)C(=O)[C](C)C(N)=O. The van der Waals surface area contributed by atoms with Crippen LogP contribution >= 0.6 is 0 Å². The molecular weight excluding hydrogens is 148 g/mol. The molecule has 0 saturated carbocycles. The minimum absolute atomic E-state index is 0.0469. The number of carbonyl (C=O) groups is 2. The van der Waals surface area contributed by atoms with Crippen molar-refractivity contribution in [3.05, 3.63) is 5.92 Å². The molecule has 11 heavy (non-hydrogen) atoms. The number of hydrogen-bond donors (Lipinski definition) is 1. The minimum Gasteiger partial charge on any atom is -0.369 e. The van der Waals surface area contributed by atoms with Gasteiger partial charge in [-0.15, -0.1) is 0 Å². The molecule has 0 unspecified atom stereocenters. The molecule has 2 N–H and O–H groups in total. The fourth-order valence-corrected chi connectivity index (χ4v) is 0.424. The third kappa shape index (κ3) is 2.55. The second kappa shape index (κ2) is 3.92. The van der Waals surface area contributed by atoms with Crippen LogP contribution in [0.2, 0.25) is 0 Å². The van der Waals surface area contributed by atoms with Crippen molar-refractivity contribution in [1.29, 1.82) is 0 Å². The van der Waals surface area contributed by atoms with Crippen LogP contribution in [-0.2, 0) is 14.4 Å². The molecular formula is C6H11N2O3. The summed E-state index contributed by atoms with van der Waals surface area (Å²) in [6.45, 7) is 1.35. The normalized spacial score (nSPS) is 9.82. The second-order valence-electron chi connectivity index (χ2n) is 1.97. The van der Waals surface area contributed by atoms with Crippen molar-refractivity contribution in [2.45, 2.75) is 6.92 Å². The standard InChI is InChI=1S/C6H11N2O3/c1-4(5(7)9)6(10)8(2)11-3/h1-3H3,(H2,7,9). The first kappa shape index (κ1) is 9.90. The largest absolute Gasteiger partial charge is 0.369 e. The Balaban J connectivity index is 4.13. The van der Waals surface area contributed by atoms with E-state index in [1.54, 1.807) is 0 Å². The molecule has 0 aromatic carbocycles. The summed E-state index contributed by atoms with van der Waals surface area (Å²) < 4.78 is 0. The van der Waals surface area contributed by atoms with E-state index in [9.17, 15) is 9.59 Å². The van der Waals surface area contributed by atoms with E-state index in [0.29, 0.717) is 0 Å². The summed E-state index contributed by atoms with van der Waals surface area (Å²) in [5, 5.41) is 0.931. The van der Waals surface area contributed by atoms with E-state index in [2.05, 4.69) is 4.84 Å². The lowest BCUT2D eigenvalue weighted by molar-refractivity contribution is -0.166. The van der Waals surface area contributed by atoms with Crippen LogP contribution in [0.25, 0.3) is 0 Å². The molecule has 0 fully saturated rings. The summed E-state index contributed by atoms with van der Waals surface area (Å²) in [5.41, 5.74) is 4.85. The summed E-state index contributed by atoms with van der Waals surface area (Å²) in [4.78, 5) is 26.0. The zero-order valence-electron chi connectivity index (χ0n) is 6.75. The maximum atomic E-state index is 11.0. The summed E-state index contributed by atoms with van der Waals surface area (Å²) in [7, 11) is 2.72. The molecule has 0 spiro atoms. The van der Waals surface area contributed by atoms with Gasteiger partial charge in [-0.25, -0.2) is 5.06 Å². The highest BCUT2D eigenvalue weighted by atomic mass is 16.7. The quantitative estimate of drug-likeness (QED) is 0.428. The zero-order valence-corrected chi connectivity index (χ0v) is 6.75. The molecule has 0 aromatic rings. The number of nitrogens with two attached hydrogens (primary N) is 1. The predicted molar refractivity (Wildman–Crippen MR) is 37.9 cm³/mol. The van der Waals surface area contributed by atoms with Crippen molar-refractivity contribution in [2.75, 3.05) is 14.2 Å². The first-order valence-corrected chi connectivity index (χ1v) is 2.96. The van der Waals surface area contributed by atoms with Gasteiger partial charge in [0, 0.05) is 7.05 Å². The molecule has 0 saturated heterocycles. The van der Waals surface area contributed by atoms with Gasteiger partial charge in [-0.05, 0) is 6.92 Å². The van der Waals surface area contributed by atoms with Crippen LogP contribution in [-0.4, -0.2) is 31.0 Å². The number of rotatable bonds is 3. The third-order valence-electron chi connectivity index (χ3n) is 1.25. The van der Waals surface area contributed by atoms with Crippen molar-refractivity contribution in [1.82, 2.24) is 5.06 Å². The lowest BCUT2D eigenvalue weighted by atomic mass is 10.1. The van der Waals surface area contributed by atoms with Gasteiger partial charge in [-0.2, -0.15) is 0 Å². The van der Waals surface area contributed by atoms with Crippen molar-refractivity contribution >= 4 is 11.8 Å². The van der Waals surface area contributed by atoms with Gasteiger partial charge in [-0.3, -0.25) is 14.4 Å². The molecule has 0 atom stereocenters. The van der Waals surface area contributed by atoms with Crippen molar-refractivity contribution in [3.8, 4) is 0 Å². The average Bonchev–Trinajstić information content (AvgIpc) is 2.00. The van der Waals surface area contributed by atoms with Crippen LogP contribution < -0.4 is 5.73 Å². The van der Waals surface area contributed by atoms with Crippen LogP contribution in [0.3, 0.4) is 0 Å². The number of primary amides is 1. The minimum atomic E-state index is -0.737. The van der Waals surface area contributed by atoms with Crippen LogP contribution in [0.1, 0.15) is 6.92 Å². The van der Waals surface area contributed by atoms with Gasteiger partial charge in [0.25, 0.3) is 5.91 Å². The number of amides is 2. The zero-order chi connectivity index (χ0) is 9.02. The van der Waals surface area contributed by atoms with Gasteiger partial charge in [0.1, 0.15) is 5.92 Å². The highest BCUT2D eigenvalue weighted by molar-refractivity contribution is 6.12. The summed E-state index contributed by atoms with van der Waals surface area (Å²) in [6, 6.07) is 0. The first-order valence-electron chi connectivity index (χ1n) is 2.96. The Hall–Kier alpha value is -1.10. The van der Waals surface area contributed by atoms with Crippen LogP contribution in [0, 0.1) is 5.92 Å². The summed E-state index contributed by atoms with van der Waals surface area (Å²) >= 11 is 0. The van der Waals surface area contributed by atoms with E-state index >= 15 is 0 Å². The number of nitrogens with zero attached hydrogens (tertiary/aromatic N) is 1. The Morgan fingerprint density at radius 2 is 1.91 bits per heavy atom. The van der Waals surface area contributed by atoms with Crippen LogP contribution in [0.5, 0.6) is 0 Å². The third-order valence-corrected chi connectivity index (χ3v) is 1.25. The van der Waals surface area contributed by atoms with E-state index in [1.807, 2.05) is 0 Å². The molecule has 2 amide bonds. The molecule has 0 heterocycles. The maximum absolute atomic E-state index is 11.0. The number of carbonyl (C=O) groups excluding carboxylic acids is 2. The molecule has 5 nitrogen and oxygen atoms in total. The molecule has 0 aliphatic carbocycles. The fraction of sp³-hybridized carbons (Fsp3) is 0.500. The fourth-order valence-electron chi connectivity index (χ4n) is 0.424. The van der Waals surface area contributed by atoms with Gasteiger partial charge in [0.2, 0.25) is 5.91 Å². The second-order valence-corrected chi connectivity index (χ2v) is 1.97. The first-order chi connectivity index (χ1) is 5.00. The van der Waals surface area contributed by atoms with Gasteiger partial charge in [0.15, 0.2) is 0 Å². The average molecular weight is 159 g/mol. The van der Waals surface area contributed by atoms with E-state index in [0.717, 1.165) is 5.06 Å². The Morgan fingerprint density at radius 3 is 2.18 bits per heavy atom. The molecule has 0 aromatic heterocycles. The van der Waals surface area contributed by atoms with Crippen LogP contribution in [0.15, 0.2) is 0 Å². The lowest BCUT2D eigenvalue weighted by Crippen LogP contribution is -2.36. The highest BCUT2D eigenvalue weighted by Gasteiger charge is 2.23. The van der Waals surface area contributed by atoms with Gasteiger partial charge in [0.05, 0.1) is 7.11 Å². The molecule has 1 radical (unpaired) electrons. The molecule has 0 aliphatic heterocycles. The monoisotopic (exact) mass is 159 g/mol. The van der Waals surface area contributed by atoms with E-state index in [-0.39, 0.29) is 5.92 Å². The van der Waals surface area contributed by atoms with E-state index in [1.165, 1.54) is 21.1 Å². The maximum Gasteiger partial charge on any atom is 0.262 e. The van der Waals surface area contributed by atoms with E-state index in [4.69, 9.17) is 5.73 Å². The highest BCUT2D eigenvalue weighted by Crippen LogP contribution is 2.01. The van der Waals surface area contributed by atoms with E-state index < -0.39 is 11.8 Å². The molecule has 0 rings (SSSR count). The van der Waals surface area contributed by atoms with Crippen molar-refractivity contribution in [2.24, 2.45) is 5.73 Å². The Morgan fingerprint density at radius 1 is 1.45 bits per heavy atom. The Labute approximate surface area is 65.1 Å². The number of hydroxylamine groups is 2.